The first kappa shape index (κ1) is 12.0. The van der Waals surface area contributed by atoms with Crippen molar-refractivity contribution in [3.8, 4) is 0 Å². The minimum atomic E-state index is -0.0512. The van der Waals surface area contributed by atoms with Crippen LogP contribution in [0.3, 0.4) is 0 Å². The Balaban J connectivity index is 4.68. The van der Waals surface area contributed by atoms with Crippen molar-refractivity contribution in [2.24, 2.45) is 0 Å². The number of rotatable bonds is 3. The molecule has 0 aliphatic heterocycles. The highest BCUT2D eigenvalue weighted by Crippen LogP contribution is 2.14. The third-order valence-corrected chi connectivity index (χ3v) is 2.28. The summed E-state index contributed by atoms with van der Waals surface area (Å²) < 4.78 is 0. The zero-order chi connectivity index (χ0) is 10.4. The Morgan fingerprint density at radius 2 is 1.85 bits per heavy atom. The van der Waals surface area contributed by atoms with Crippen LogP contribution in [0.2, 0.25) is 0 Å². The average Bonchev–Trinajstić information content (AvgIpc) is 2.17. The smallest absolute Gasteiger partial charge is 0.321 e. The molecular formula is C10H20N2O. The van der Waals surface area contributed by atoms with E-state index >= 15 is 0 Å². The molecule has 0 aliphatic carbocycles. The molecule has 0 aromatic rings. The van der Waals surface area contributed by atoms with E-state index in [-0.39, 0.29) is 6.03 Å². The lowest BCUT2D eigenvalue weighted by Crippen LogP contribution is -2.34. The van der Waals surface area contributed by atoms with Crippen LogP contribution >= 0.6 is 0 Å². The van der Waals surface area contributed by atoms with Gasteiger partial charge in [-0.05, 0) is 19.8 Å². The number of carbonyl (C=O) groups excluding carboxylic acids is 1. The number of carbonyl (C=O) groups is 1. The molecule has 0 aromatic carbocycles. The molecule has 3 nitrogen and oxygen atoms in total. The molecule has 3 heteroatoms. The van der Waals surface area contributed by atoms with Crippen LogP contribution < -0.4 is 5.32 Å². The minimum Gasteiger partial charge on any atom is -0.341 e. The van der Waals surface area contributed by atoms with E-state index in [1.807, 2.05) is 0 Å². The second-order valence-corrected chi connectivity index (χ2v) is 3.05. The molecule has 0 heterocycles. The number of nitrogens with zero attached hydrogens (tertiary/aromatic N) is 1. The molecular weight excluding hydrogens is 164 g/mol. The van der Waals surface area contributed by atoms with Gasteiger partial charge in [-0.25, -0.2) is 4.79 Å². The van der Waals surface area contributed by atoms with Gasteiger partial charge in [-0.3, -0.25) is 0 Å². The lowest BCUT2D eigenvalue weighted by atomic mass is 10.1. The quantitative estimate of drug-likeness (QED) is 0.717. The van der Waals surface area contributed by atoms with Gasteiger partial charge >= 0.3 is 6.03 Å². The van der Waals surface area contributed by atoms with E-state index in [1.54, 1.807) is 19.0 Å². The molecule has 0 saturated heterocycles. The molecule has 0 aliphatic rings. The third kappa shape index (κ3) is 3.09. The summed E-state index contributed by atoms with van der Waals surface area (Å²) in [5.74, 6) is 0. The Morgan fingerprint density at radius 3 is 2.15 bits per heavy atom. The highest BCUT2D eigenvalue weighted by Gasteiger charge is 2.11. The Labute approximate surface area is 80.8 Å². The van der Waals surface area contributed by atoms with Gasteiger partial charge < -0.3 is 10.2 Å². The van der Waals surface area contributed by atoms with Crippen LogP contribution in [0.15, 0.2) is 11.3 Å². The van der Waals surface area contributed by atoms with Crippen molar-refractivity contribution in [3.05, 3.63) is 11.3 Å². The number of urea groups is 1. The lowest BCUT2D eigenvalue weighted by molar-refractivity contribution is 0.220. The van der Waals surface area contributed by atoms with Gasteiger partial charge in [0.25, 0.3) is 0 Å². The summed E-state index contributed by atoms with van der Waals surface area (Å²) in [6.45, 7) is 6.23. The Bertz CT molecular complexity index is 209. The van der Waals surface area contributed by atoms with Gasteiger partial charge in [-0.2, -0.15) is 0 Å². The number of amides is 2. The number of hydrogen-bond donors (Lipinski definition) is 1. The third-order valence-electron chi connectivity index (χ3n) is 2.28. The molecule has 13 heavy (non-hydrogen) atoms. The highest BCUT2D eigenvalue weighted by molar-refractivity contribution is 5.75. The van der Waals surface area contributed by atoms with E-state index in [2.05, 4.69) is 26.1 Å². The summed E-state index contributed by atoms with van der Waals surface area (Å²) in [7, 11) is 3.45. The van der Waals surface area contributed by atoms with Gasteiger partial charge in [-0.15, -0.1) is 0 Å². The second-order valence-electron chi connectivity index (χ2n) is 3.05. The van der Waals surface area contributed by atoms with E-state index in [0.717, 1.165) is 18.5 Å². The summed E-state index contributed by atoms with van der Waals surface area (Å²) in [5, 5.41) is 2.61. The van der Waals surface area contributed by atoms with Crippen LogP contribution in [0.4, 0.5) is 4.79 Å². The number of hydrogen-bond acceptors (Lipinski definition) is 1. The topological polar surface area (TPSA) is 32.3 Å². The normalized spacial score (nSPS) is 12.1. The molecule has 0 spiro atoms. The number of allylic oxidation sites excluding steroid dienone is 2. The van der Waals surface area contributed by atoms with Crippen molar-refractivity contribution in [1.82, 2.24) is 10.2 Å². The Morgan fingerprint density at radius 1 is 1.31 bits per heavy atom. The van der Waals surface area contributed by atoms with E-state index in [1.165, 1.54) is 5.57 Å². The van der Waals surface area contributed by atoms with Gasteiger partial charge in [-0.1, -0.05) is 19.4 Å². The van der Waals surface area contributed by atoms with Gasteiger partial charge in [0.2, 0.25) is 0 Å². The van der Waals surface area contributed by atoms with E-state index in [9.17, 15) is 4.79 Å². The van der Waals surface area contributed by atoms with E-state index < -0.39 is 0 Å². The largest absolute Gasteiger partial charge is 0.341 e. The molecule has 0 radical (unpaired) electrons. The van der Waals surface area contributed by atoms with Crippen LogP contribution in [0, 0.1) is 0 Å². The number of nitrogens with one attached hydrogen (secondary N) is 1. The highest BCUT2D eigenvalue weighted by atomic mass is 16.2. The molecule has 0 unspecified atom stereocenters. The summed E-state index contributed by atoms with van der Waals surface area (Å²) in [6.07, 6.45) is 1.88. The Kier molecular flexibility index (Phi) is 5.19. The van der Waals surface area contributed by atoms with Gasteiger partial charge in [0, 0.05) is 19.8 Å². The van der Waals surface area contributed by atoms with Crippen molar-refractivity contribution in [1.29, 1.82) is 0 Å². The molecule has 0 fully saturated rings. The zero-order valence-electron chi connectivity index (χ0n) is 9.27. The van der Waals surface area contributed by atoms with Crippen molar-refractivity contribution in [2.75, 3.05) is 14.1 Å². The second kappa shape index (κ2) is 5.62. The first-order valence-electron chi connectivity index (χ1n) is 4.72. The summed E-state index contributed by atoms with van der Waals surface area (Å²) >= 11 is 0. The predicted octanol–water partition coefficient (Wildman–Crippen LogP) is 2.35. The van der Waals surface area contributed by atoms with Crippen LogP contribution in [0.1, 0.15) is 33.6 Å². The van der Waals surface area contributed by atoms with Crippen LogP contribution in [0.25, 0.3) is 0 Å². The molecule has 76 valence electrons. The first-order chi connectivity index (χ1) is 6.08. The Hall–Kier alpha value is -0.990. The molecule has 0 rings (SSSR count). The van der Waals surface area contributed by atoms with Gasteiger partial charge in [0.05, 0.1) is 0 Å². The zero-order valence-corrected chi connectivity index (χ0v) is 9.27. The first-order valence-corrected chi connectivity index (χ1v) is 4.72. The van der Waals surface area contributed by atoms with Crippen molar-refractivity contribution < 1.29 is 4.79 Å². The van der Waals surface area contributed by atoms with Crippen LogP contribution in [-0.2, 0) is 0 Å². The molecule has 0 bridgehead atoms. The molecule has 0 atom stereocenters. The fourth-order valence-electron chi connectivity index (χ4n) is 1.32. The maximum absolute atomic E-state index is 11.3. The SMILES string of the molecule is CCC(C)=C(CC)N(C)C(=O)NC. The van der Waals surface area contributed by atoms with E-state index in [0.29, 0.717) is 0 Å². The monoisotopic (exact) mass is 184 g/mol. The maximum Gasteiger partial charge on any atom is 0.321 e. The maximum atomic E-state index is 11.3. The van der Waals surface area contributed by atoms with E-state index in [4.69, 9.17) is 0 Å². The molecule has 1 N–H and O–H groups in total. The van der Waals surface area contributed by atoms with Crippen molar-refractivity contribution in [3.63, 3.8) is 0 Å². The standard InChI is InChI=1S/C10H20N2O/c1-6-8(3)9(7-2)12(5)10(13)11-4/h6-7H2,1-5H3,(H,11,13). The molecule has 0 saturated carbocycles. The fraction of sp³-hybridized carbons (Fsp3) is 0.700. The molecule has 0 aromatic heterocycles. The summed E-state index contributed by atoms with van der Waals surface area (Å²) in [6, 6.07) is -0.0512. The fourth-order valence-corrected chi connectivity index (χ4v) is 1.32. The van der Waals surface area contributed by atoms with Crippen LogP contribution in [0.5, 0.6) is 0 Å². The van der Waals surface area contributed by atoms with Crippen molar-refractivity contribution in [2.45, 2.75) is 33.6 Å². The minimum absolute atomic E-state index is 0.0512. The lowest BCUT2D eigenvalue weighted by Gasteiger charge is -2.21. The van der Waals surface area contributed by atoms with Gasteiger partial charge in [0.15, 0.2) is 0 Å². The summed E-state index contributed by atoms with van der Waals surface area (Å²) in [4.78, 5) is 13.0. The predicted molar refractivity (Wildman–Crippen MR) is 55.5 cm³/mol. The summed E-state index contributed by atoms with van der Waals surface area (Å²) in [5.41, 5.74) is 2.38. The van der Waals surface area contributed by atoms with Crippen molar-refractivity contribution >= 4 is 6.03 Å². The average molecular weight is 184 g/mol. The van der Waals surface area contributed by atoms with Gasteiger partial charge in [0.1, 0.15) is 0 Å². The van der Waals surface area contributed by atoms with Crippen LogP contribution in [-0.4, -0.2) is 25.0 Å². The molecule has 2 amide bonds.